The Morgan fingerprint density at radius 1 is 1.10 bits per heavy atom. The van der Waals surface area contributed by atoms with E-state index in [4.69, 9.17) is 0 Å². The maximum absolute atomic E-state index is 11.1. The van der Waals surface area contributed by atoms with Crippen molar-refractivity contribution < 1.29 is 5.11 Å². The van der Waals surface area contributed by atoms with E-state index in [-0.39, 0.29) is 6.04 Å². The van der Waals surface area contributed by atoms with Crippen LogP contribution >= 0.6 is 0 Å². The van der Waals surface area contributed by atoms with Crippen LogP contribution in [0.1, 0.15) is 30.0 Å². The van der Waals surface area contributed by atoms with Crippen molar-refractivity contribution in [3.05, 3.63) is 65.2 Å². The van der Waals surface area contributed by atoms with E-state index >= 15 is 0 Å². The Morgan fingerprint density at radius 3 is 2.60 bits per heavy atom. The van der Waals surface area contributed by atoms with Crippen molar-refractivity contribution in [2.24, 2.45) is 0 Å². The van der Waals surface area contributed by atoms with Gasteiger partial charge in [0.2, 0.25) is 0 Å². The third-order valence-electron chi connectivity index (χ3n) is 4.42. The molecule has 0 saturated carbocycles. The van der Waals surface area contributed by atoms with E-state index in [0.717, 1.165) is 29.7 Å². The highest BCUT2D eigenvalue weighted by Crippen LogP contribution is 2.35. The van der Waals surface area contributed by atoms with Gasteiger partial charge in [0.25, 0.3) is 0 Å². The molecule has 104 valence electrons. The molecule has 0 spiro atoms. The molecule has 1 heterocycles. The summed E-state index contributed by atoms with van der Waals surface area (Å²) in [4.78, 5) is 0. The molecule has 0 fully saturated rings. The number of aliphatic hydroxyl groups is 1. The van der Waals surface area contributed by atoms with Crippen LogP contribution in [0.25, 0.3) is 0 Å². The van der Waals surface area contributed by atoms with Crippen molar-refractivity contribution in [1.29, 1.82) is 0 Å². The highest BCUT2D eigenvalue weighted by atomic mass is 16.3. The zero-order chi connectivity index (χ0) is 14.2. The zero-order valence-electron chi connectivity index (χ0n) is 12.1. The number of fused-ring (bicyclic) bond motifs is 1. The zero-order valence-corrected chi connectivity index (χ0v) is 12.1. The Bertz CT molecular complexity index is 618. The lowest BCUT2D eigenvalue weighted by Gasteiger charge is -2.38. The fourth-order valence-electron chi connectivity index (χ4n) is 3.19. The molecule has 0 saturated heterocycles. The largest absolute Gasteiger partial charge is 0.383 e. The van der Waals surface area contributed by atoms with Gasteiger partial charge >= 0.3 is 0 Å². The summed E-state index contributed by atoms with van der Waals surface area (Å²) in [6.45, 7) is 3.97. The fourth-order valence-corrected chi connectivity index (χ4v) is 3.19. The molecule has 0 aromatic heterocycles. The van der Waals surface area contributed by atoms with Gasteiger partial charge in [-0.25, -0.2) is 0 Å². The van der Waals surface area contributed by atoms with Crippen molar-refractivity contribution in [3.8, 4) is 0 Å². The van der Waals surface area contributed by atoms with Crippen LogP contribution in [0, 0.1) is 6.92 Å². The van der Waals surface area contributed by atoms with Crippen LogP contribution in [0.5, 0.6) is 0 Å². The van der Waals surface area contributed by atoms with Gasteiger partial charge in [0, 0.05) is 5.69 Å². The van der Waals surface area contributed by atoms with Gasteiger partial charge in [-0.3, -0.25) is 0 Å². The van der Waals surface area contributed by atoms with E-state index in [0.29, 0.717) is 0 Å². The summed E-state index contributed by atoms with van der Waals surface area (Å²) in [7, 11) is 0. The van der Waals surface area contributed by atoms with Crippen molar-refractivity contribution in [3.63, 3.8) is 0 Å². The number of aryl methyl sites for hydroxylation is 2. The number of hydrogen-bond acceptors (Lipinski definition) is 2. The molecule has 2 N–H and O–H groups in total. The number of nitrogens with one attached hydrogen (secondary N) is 1. The van der Waals surface area contributed by atoms with Gasteiger partial charge < -0.3 is 10.4 Å². The molecule has 0 aliphatic carbocycles. The van der Waals surface area contributed by atoms with E-state index in [1.807, 2.05) is 31.2 Å². The van der Waals surface area contributed by atoms with Gasteiger partial charge in [0.1, 0.15) is 5.60 Å². The summed E-state index contributed by atoms with van der Waals surface area (Å²) < 4.78 is 0. The fraction of sp³-hybridized carbons (Fsp3) is 0.333. The molecule has 1 aliphatic rings. The number of hydrogen-bond donors (Lipinski definition) is 2. The predicted molar refractivity (Wildman–Crippen MR) is 82.9 cm³/mol. The van der Waals surface area contributed by atoms with Crippen LogP contribution in [0.15, 0.2) is 48.5 Å². The Balaban J connectivity index is 1.92. The van der Waals surface area contributed by atoms with Crippen LogP contribution in [0.4, 0.5) is 5.69 Å². The summed E-state index contributed by atoms with van der Waals surface area (Å²) in [5, 5.41) is 14.6. The first kappa shape index (κ1) is 13.2. The average Bonchev–Trinajstić information content (AvgIpc) is 2.47. The maximum Gasteiger partial charge on any atom is 0.107 e. The molecule has 2 unspecified atom stereocenters. The lowest BCUT2D eigenvalue weighted by atomic mass is 9.81. The molecule has 0 bridgehead atoms. The Kier molecular flexibility index (Phi) is 3.27. The van der Waals surface area contributed by atoms with Crippen LogP contribution < -0.4 is 5.32 Å². The second-order valence-electron chi connectivity index (χ2n) is 5.86. The van der Waals surface area contributed by atoms with E-state index in [2.05, 4.69) is 36.5 Å². The number of benzene rings is 2. The van der Waals surface area contributed by atoms with E-state index in [9.17, 15) is 5.11 Å². The molecular weight excluding hydrogens is 246 g/mol. The second kappa shape index (κ2) is 4.95. The highest BCUT2D eigenvalue weighted by molar-refractivity contribution is 5.55. The molecule has 2 heteroatoms. The first-order valence-electron chi connectivity index (χ1n) is 7.22. The van der Waals surface area contributed by atoms with Crippen LogP contribution in [-0.2, 0) is 12.0 Å². The summed E-state index contributed by atoms with van der Waals surface area (Å²) in [6, 6.07) is 16.5. The van der Waals surface area contributed by atoms with Crippen molar-refractivity contribution in [2.45, 2.75) is 38.3 Å². The highest BCUT2D eigenvalue weighted by Gasteiger charge is 2.36. The van der Waals surface area contributed by atoms with Crippen molar-refractivity contribution in [2.75, 3.05) is 5.32 Å². The number of para-hydroxylation sites is 1. The third kappa shape index (κ3) is 2.20. The standard InChI is InChI=1S/C18H21NO/c1-13-7-3-5-9-15(13)18(2,20)17-12-11-14-8-4-6-10-16(14)19-17/h3-10,17,19-20H,11-12H2,1-2H3. The van der Waals surface area contributed by atoms with Gasteiger partial charge in [0.15, 0.2) is 0 Å². The van der Waals surface area contributed by atoms with Crippen LogP contribution in [0.3, 0.4) is 0 Å². The predicted octanol–water partition coefficient (Wildman–Crippen LogP) is 3.63. The van der Waals surface area contributed by atoms with Gasteiger partial charge in [0.05, 0.1) is 6.04 Å². The SMILES string of the molecule is Cc1ccccc1C(C)(O)C1CCc2ccccc2N1. The molecule has 0 amide bonds. The number of rotatable bonds is 2. The number of anilines is 1. The Hall–Kier alpha value is -1.80. The molecule has 20 heavy (non-hydrogen) atoms. The smallest absolute Gasteiger partial charge is 0.107 e. The minimum atomic E-state index is -0.862. The van der Waals surface area contributed by atoms with E-state index in [1.165, 1.54) is 5.56 Å². The lowest BCUT2D eigenvalue weighted by Crippen LogP contribution is -2.44. The molecule has 2 atom stereocenters. The minimum absolute atomic E-state index is 0.0403. The molecular formula is C18H21NO. The summed E-state index contributed by atoms with van der Waals surface area (Å²) >= 11 is 0. The van der Waals surface area contributed by atoms with E-state index in [1.54, 1.807) is 0 Å². The first-order chi connectivity index (χ1) is 9.59. The summed E-state index contributed by atoms with van der Waals surface area (Å²) in [6.07, 6.45) is 1.95. The molecule has 2 aromatic rings. The van der Waals surface area contributed by atoms with Gasteiger partial charge in [-0.05, 0) is 49.4 Å². The molecule has 2 nitrogen and oxygen atoms in total. The van der Waals surface area contributed by atoms with Gasteiger partial charge in [-0.2, -0.15) is 0 Å². The Morgan fingerprint density at radius 2 is 1.80 bits per heavy atom. The first-order valence-corrected chi connectivity index (χ1v) is 7.22. The quantitative estimate of drug-likeness (QED) is 0.871. The second-order valence-corrected chi connectivity index (χ2v) is 5.86. The average molecular weight is 267 g/mol. The van der Waals surface area contributed by atoms with Gasteiger partial charge in [-0.15, -0.1) is 0 Å². The van der Waals surface area contributed by atoms with Crippen molar-refractivity contribution in [1.82, 2.24) is 0 Å². The third-order valence-corrected chi connectivity index (χ3v) is 4.42. The molecule has 1 aliphatic heterocycles. The van der Waals surface area contributed by atoms with Crippen LogP contribution in [-0.4, -0.2) is 11.1 Å². The van der Waals surface area contributed by atoms with Gasteiger partial charge in [-0.1, -0.05) is 42.5 Å². The van der Waals surface area contributed by atoms with E-state index < -0.39 is 5.60 Å². The minimum Gasteiger partial charge on any atom is -0.383 e. The monoisotopic (exact) mass is 267 g/mol. The Labute approximate surface area is 120 Å². The van der Waals surface area contributed by atoms with Crippen LogP contribution in [0.2, 0.25) is 0 Å². The molecule has 0 radical (unpaired) electrons. The molecule has 3 rings (SSSR count). The summed E-state index contributed by atoms with van der Waals surface area (Å²) in [5.41, 5.74) is 3.77. The van der Waals surface area contributed by atoms with Crippen molar-refractivity contribution >= 4 is 5.69 Å². The topological polar surface area (TPSA) is 32.3 Å². The molecule has 2 aromatic carbocycles. The normalized spacial score (nSPS) is 20.6. The summed E-state index contributed by atoms with van der Waals surface area (Å²) in [5.74, 6) is 0. The maximum atomic E-state index is 11.1. The lowest BCUT2D eigenvalue weighted by molar-refractivity contribution is 0.0316.